The van der Waals surface area contributed by atoms with Crippen LogP contribution in [0.1, 0.15) is 75.2 Å². The molecule has 1 fully saturated rings. The van der Waals surface area contributed by atoms with E-state index in [0.29, 0.717) is 17.6 Å². The summed E-state index contributed by atoms with van der Waals surface area (Å²) in [5, 5.41) is 8.56. The number of aryl methyl sites for hydroxylation is 1. The molecular weight excluding hydrogens is 334 g/mol. The van der Waals surface area contributed by atoms with E-state index in [0.717, 1.165) is 17.9 Å². The van der Waals surface area contributed by atoms with Gasteiger partial charge in [-0.1, -0.05) is 19.4 Å². The summed E-state index contributed by atoms with van der Waals surface area (Å²) >= 11 is 0. The van der Waals surface area contributed by atoms with Crippen LogP contribution in [-0.2, 0) is 0 Å². The van der Waals surface area contributed by atoms with E-state index in [1.54, 1.807) is 0 Å². The Kier molecular flexibility index (Phi) is 3.58. The minimum atomic E-state index is 0.108. The fraction of sp³-hybridized carbons (Fsp3) is 0.500. The van der Waals surface area contributed by atoms with Crippen molar-refractivity contribution in [1.29, 1.82) is 0 Å². The van der Waals surface area contributed by atoms with E-state index < -0.39 is 0 Å². The first kappa shape index (κ1) is 16.7. The fourth-order valence-corrected chi connectivity index (χ4v) is 4.67. The third-order valence-electron chi connectivity index (χ3n) is 6.22. The molecule has 2 aromatic heterocycles. The summed E-state index contributed by atoms with van der Waals surface area (Å²) in [5.74, 6) is 2.71. The van der Waals surface area contributed by atoms with Crippen LogP contribution in [0.3, 0.4) is 0 Å². The van der Waals surface area contributed by atoms with Gasteiger partial charge in [-0.2, -0.15) is 9.50 Å². The van der Waals surface area contributed by atoms with Crippen LogP contribution in [-0.4, -0.2) is 25.1 Å². The van der Waals surface area contributed by atoms with Crippen LogP contribution in [0.25, 0.3) is 17.0 Å². The molecule has 0 amide bonds. The first-order valence-electron chi connectivity index (χ1n) is 10.1. The second-order valence-electron chi connectivity index (χ2n) is 9.01. The summed E-state index contributed by atoms with van der Waals surface area (Å²) in [7, 11) is 0. The van der Waals surface area contributed by atoms with Crippen LogP contribution in [0.2, 0.25) is 0 Å². The van der Waals surface area contributed by atoms with Crippen LogP contribution in [0.4, 0.5) is 5.69 Å². The molecular formula is C22H27N5. The number of fused-ring (bicyclic) bond motifs is 2. The second kappa shape index (κ2) is 5.78. The number of nitrogens with one attached hydrogen (secondary N) is 1. The number of hydrogen-bond acceptors (Lipinski definition) is 4. The highest BCUT2D eigenvalue weighted by molar-refractivity contribution is 5.73. The maximum Gasteiger partial charge on any atom is 0.252 e. The van der Waals surface area contributed by atoms with Gasteiger partial charge in [-0.15, -0.1) is 5.10 Å². The quantitative estimate of drug-likeness (QED) is 0.693. The van der Waals surface area contributed by atoms with Gasteiger partial charge in [0, 0.05) is 28.9 Å². The lowest BCUT2D eigenvalue weighted by Crippen LogP contribution is -2.36. The number of hydrogen-bond donors (Lipinski definition) is 1. The third-order valence-corrected chi connectivity index (χ3v) is 6.22. The van der Waals surface area contributed by atoms with Gasteiger partial charge in [0.1, 0.15) is 0 Å². The molecule has 0 saturated heterocycles. The number of anilines is 1. The molecule has 1 unspecified atom stereocenters. The molecule has 0 spiro atoms. The molecule has 140 valence electrons. The Bertz CT molecular complexity index is 1030. The number of benzene rings is 1. The summed E-state index contributed by atoms with van der Waals surface area (Å²) in [5.41, 5.74) is 6.30. The number of aromatic nitrogens is 4. The predicted octanol–water partition coefficient (Wildman–Crippen LogP) is 5.06. The summed E-state index contributed by atoms with van der Waals surface area (Å²) in [4.78, 5) is 9.15. The lowest BCUT2D eigenvalue weighted by Gasteiger charge is -2.38. The molecule has 1 saturated carbocycles. The Labute approximate surface area is 160 Å². The minimum absolute atomic E-state index is 0.108. The highest BCUT2D eigenvalue weighted by Gasteiger charge is 2.30. The Hall–Kier alpha value is -2.43. The largest absolute Gasteiger partial charge is 0.380 e. The summed E-state index contributed by atoms with van der Waals surface area (Å²) in [6.07, 6.45) is 6.67. The van der Waals surface area contributed by atoms with Gasteiger partial charge in [-0.3, -0.25) is 0 Å². The lowest BCUT2D eigenvalue weighted by molar-refractivity contribution is 0.402. The molecule has 2 aliphatic rings. The molecule has 27 heavy (non-hydrogen) atoms. The van der Waals surface area contributed by atoms with Crippen LogP contribution in [0, 0.1) is 6.92 Å². The zero-order valence-corrected chi connectivity index (χ0v) is 16.6. The molecule has 5 heteroatoms. The molecule has 3 heterocycles. The Morgan fingerprint density at radius 1 is 1.22 bits per heavy atom. The zero-order valence-electron chi connectivity index (χ0n) is 16.6. The van der Waals surface area contributed by atoms with E-state index in [1.807, 2.05) is 10.7 Å². The highest BCUT2D eigenvalue weighted by Crippen LogP contribution is 2.42. The van der Waals surface area contributed by atoms with Crippen molar-refractivity contribution in [2.45, 2.75) is 70.8 Å². The number of rotatable bonds is 2. The van der Waals surface area contributed by atoms with Gasteiger partial charge in [-0.05, 0) is 69.2 Å². The molecule has 3 aromatic rings. The molecule has 1 aromatic carbocycles. The predicted molar refractivity (Wildman–Crippen MR) is 108 cm³/mol. The van der Waals surface area contributed by atoms with Crippen molar-refractivity contribution in [2.24, 2.45) is 0 Å². The summed E-state index contributed by atoms with van der Waals surface area (Å²) in [6.45, 7) is 9.07. The smallest absolute Gasteiger partial charge is 0.252 e. The molecule has 5 nitrogen and oxygen atoms in total. The molecule has 0 bridgehead atoms. The van der Waals surface area contributed by atoms with Crippen molar-refractivity contribution in [3.8, 4) is 11.3 Å². The van der Waals surface area contributed by atoms with Crippen molar-refractivity contribution in [2.75, 3.05) is 5.32 Å². The number of nitrogens with zero attached hydrogens (tertiary/aromatic N) is 4. The van der Waals surface area contributed by atoms with Gasteiger partial charge in [-0.25, -0.2) is 4.98 Å². The van der Waals surface area contributed by atoms with E-state index in [9.17, 15) is 0 Å². The normalized spacial score (nSPS) is 21.6. The topological polar surface area (TPSA) is 55.1 Å². The fourth-order valence-electron chi connectivity index (χ4n) is 4.67. The molecule has 1 aliphatic carbocycles. The van der Waals surface area contributed by atoms with Gasteiger partial charge in [0.05, 0.1) is 5.69 Å². The average molecular weight is 361 g/mol. The van der Waals surface area contributed by atoms with Crippen LogP contribution < -0.4 is 5.32 Å². The van der Waals surface area contributed by atoms with Gasteiger partial charge < -0.3 is 5.32 Å². The van der Waals surface area contributed by atoms with E-state index in [4.69, 9.17) is 10.1 Å². The van der Waals surface area contributed by atoms with Crippen molar-refractivity contribution in [3.63, 3.8) is 0 Å². The minimum Gasteiger partial charge on any atom is -0.380 e. The van der Waals surface area contributed by atoms with Crippen molar-refractivity contribution >= 4 is 11.5 Å². The van der Waals surface area contributed by atoms with E-state index in [1.165, 1.54) is 41.6 Å². The van der Waals surface area contributed by atoms with Gasteiger partial charge in [0.25, 0.3) is 5.78 Å². The molecule has 5 rings (SSSR count). The average Bonchev–Trinajstić information content (AvgIpc) is 2.96. The Morgan fingerprint density at radius 3 is 2.78 bits per heavy atom. The first-order valence-corrected chi connectivity index (χ1v) is 10.1. The van der Waals surface area contributed by atoms with Crippen molar-refractivity contribution in [1.82, 2.24) is 19.6 Å². The standard InChI is InChI=1S/C22H27N5/c1-13-10-16-14(2)12-22(3,4)25-18(16)11-17(13)19-8-9-23-21-24-20(26-27(19)21)15-6-5-7-15/h8-11,14-15,25H,5-7,12H2,1-4H3. The van der Waals surface area contributed by atoms with Crippen molar-refractivity contribution in [3.05, 3.63) is 41.3 Å². The van der Waals surface area contributed by atoms with Gasteiger partial charge in [0.15, 0.2) is 5.82 Å². The van der Waals surface area contributed by atoms with E-state index in [-0.39, 0.29) is 5.54 Å². The Balaban J connectivity index is 1.65. The van der Waals surface area contributed by atoms with E-state index >= 15 is 0 Å². The van der Waals surface area contributed by atoms with Crippen LogP contribution in [0.15, 0.2) is 24.4 Å². The van der Waals surface area contributed by atoms with Gasteiger partial charge >= 0.3 is 0 Å². The first-order chi connectivity index (χ1) is 12.9. The van der Waals surface area contributed by atoms with Crippen LogP contribution >= 0.6 is 0 Å². The second-order valence-corrected chi connectivity index (χ2v) is 9.01. The van der Waals surface area contributed by atoms with Crippen molar-refractivity contribution < 1.29 is 0 Å². The SMILES string of the molecule is Cc1cc2c(cc1-c1ccnc3nc(C4CCC4)nn13)NC(C)(C)CC2C. The lowest BCUT2D eigenvalue weighted by atomic mass is 9.80. The molecule has 1 aliphatic heterocycles. The highest BCUT2D eigenvalue weighted by atomic mass is 15.3. The maximum atomic E-state index is 4.83. The van der Waals surface area contributed by atoms with Gasteiger partial charge in [0.2, 0.25) is 0 Å². The van der Waals surface area contributed by atoms with E-state index in [2.05, 4.69) is 56.2 Å². The zero-order chi connectivity index (χ0) is 18.8. The maximum absolute atomic E-state index is 4.83. The third kappa shape index (κ3) is 2.71. The monoisotopic (exact) mass is 361 g/mol. The molecule has 1 N–H and O–H groups in total. The summed E-state index contributed by atoms with van der Waals surface area (Å²) < 4.78 is 1.93. The Morgan fingerprint density at radius 2 is 2.04 bits per heavy atom. The summed E-state index contributed by atoms with van der Waals surface area (Å²) in [6, 6.07) is 6.69. The molecule has 1 atom stereocenters. The van der Waals surface area contributed by atoms with Crippen LogP contribution in [0.5, 0.6) is 0 Å². The molecule has 0 radical (unpaired) electrons.